The summed E-state index contributed by atoms with van der Waals surface area (Å²) >= 11 is 0. The van der Waals surface area contributed by atoms with Crippen LogP contribution in [0.1, 0.15) is 73.2 Å². The minimum atomic E-state index is -3.28. The molecule has 0 aliphatic heterocycles. The number of hydrogen-bond acceptors (Lipinski definition) is 7. The summed E-state index contributed by atoms with van der Waals surface area (Å²) in [6.45, 7) is 7.54. The van der Waals surface area contributed by atoms with Gasteiger partial charge in [-0.1, -0.05) is 32.9 Å². The highest BCUT2D eigenvalue weighted by atomic mass is 32.2. The lowest BCUT2D eigenvalue weighted by atomic mass is 9.71. The van der Waals surface area contributed by atoms with Crippen molar-refractivity contribution >= 4 is 27.3 Å². The first-order valence-corrected chi connectivity index (χ1v) is 13.7. The molecule has 2 aromatic heterocycles. The molecule has 0 saturated carbocycles. The molecule has 2 heterocycles. The van der Waals surface area contributed by atoms with Gasteiger partial charge in [0, 0.05) is 17.7 Å². The molecule has 0 radical (unpaired) electrons. The van der Waals surface area contributed by atoms with Gasteiger partial charge in [-0.15, -0.1) is 0 Å². The van der Waals surface area contributed by atoms with Gasteiger partial charge < -0.3 is 5.32 Å². The van der Waals surface area contributed by atoms with Crippen LogP contribution in [0.3, 0.4) is 0 Å². The van der Waals surface area contributed by atoms with Gasteiger partial charge in [0.05, 0.1) is 33.9 Å². The molecule has 1 atom stereocenters. The molecule has 8 nitrogen and oxygen atoms in total. The summed E-state index contributed by atoms with van der Waals surface area (Å²) in [5.74, 6) is 0.966. The zero-order valence-corrected chi connectivity index (χ0v) is 21.7. The van der Waals surface area contributed by atoms with Crippen molar-refractivity contribution in [3.63, 3.8) is 0 Å². The quantitative estimate of drug-likeness (QED) is 0.513. The first kappa shape index (κ1) is 25.6. The summed E-state index contributed by atoms with van der Waals surface area (Å²) in [7, 11) is -3.28. The van der Waals surface area contributed by atoms with Crippen LogP contribution in [-0.4, -0.2) is 40.8 Å². The van der Waals surface area contributed by atoms with E-state index in [9.17, 15) is 18.0 Å². The molecule has 1 amide bonds. The summed E-state index contributed by atoms with van der Waals surface area (Å²) in [6.07, 6.45) is 2.92. The summed E-state index contributed by atoms with van der Waals surface area (Å²) < 4.78 is 23.9. The first-order chi connectivity index (χ1) is 17.0. The molecule has 1 aromatic carbocycles. The Kier molecular flexibility index (Phi) is 7.04. The van der Waals surface area contributed by atoms with E-state index in [2.05, 4.69) is 20.3 Å². The van der Waals surface area contributed by atoms with Crippen LogP contribution in [0.25, 0.3) is 0 Å². The fourth-order valence-corrected chi connectivity index (χ4v) is 5.19. The molecule has 0 saturated heterocycles. The van der Waals surface area contributed by atoms with Crippen molar-refractivity contribution in [2.45, 2.75) is 63.2 Å². The molecule has 0 bridgehead atoms. The van der Waals surface area contributed by atoms with Gasteiger partial charge >= 0.3 is 0 Å². The molecule has 3 aromatic rings. The number of nitrogens with zero attached hydrogens (tertiary/aromatic N) is 3. The molecule has 9 heteroatoms. The molecule has 1 unspecified atom stereocenters. The van der Waals surface area contributed by atoms with Crippen molar-refractivity contribution in [1.82, 2.24) is 15.0 Å². The Morgan fingerprint density at radius 1 is 1.08 bits per heavy atom. The van der Waals surface area contributed by atoms with Crippen LogP contribution in [0.2, 0.25) is 0 Å². The van der Waals surface area contributed by atoms with Crippen LogP contribution in [0, 0.1) is 0 Å². The highest BCUT2D eigenvalue weighted by molar-refractivity contribution is 7.91. The first-order valence-electron chi connectivity index (χ1n) is 12.0. The Labute approximate surface area is 211 Å². The average molecular weight is 507 g/mol. The highest BCUT2D eigenvalue weighted by Gasteiger charge is 2.42. The minimum Gasteiger partial charge on any atom is -0.310 e. The third-order valence-corrected chi connectivity index (χ3v) is 8.38. The predicted octanol–water partition coefficient (Wildman–Crippen LogP) is 4.06. The Hall–Kier alpha value is -3.46. The van der Waals surface area contributed by atoms with Gasteiger partial charge in [0.15, 0.2) is 15.6 Å². The van der Waals surface area contributed by atoms with Crippen LogP contribution in [0.15, 0.2) is 53.6 Å². The lowest BCUT2D eigenvalue weighted by Crippen LogP contribution is -2.39. The molecule has 1 N–H and O–H groups in total. The number of aryl methyl sites for hydroxylation is 1. The van der Waals surface area contributed by atoms with E-state index < -0.39 is 15.3 Å². The number of carbonyl (C=O) groups is 2. The second-order valence-electron chi connectivity index (χ2n) is 9.58. The number of aromatic nitrogens is 3. The Morgan fingerprint density at radius 3 is 2.47 bits per heavy atom. The SMILES string of the molecule is CCS(=O)(=O)c1ccc(CC(=O)Nc2ccc3c(n2)CCC(C)(c2ccnc(C(C)C)n2)C3=O)cc1. The summed E-state index contributed by atoms with van der Waals surface area (Å²) in [4.78, 5) is 39.8. The minimum absolute atomic E-state index is 0.0243. The van der Waals surface area contributed by atoms with E-state index in [4.69, 9.17) is 0 Å². The molecule has 1 aliphatic rings. The van der Waals surface area contributed by atoms with Crippen molar-refractivity contribution in [1.29, 1.82) is 0 Å². The summed E-state index contributed by atoms with van der Waals surface area (Å²) in [5.41, 5.74) is 1.84. The van der Waals surface area contributed by atoms with Gasteiger partial charge in [-0.05, 0) is 55.7 Å². The van der Waals surface area contributed by atoms with Gasteiger partial charge in [-0.2, -0.15) is 0 Å². The number of amides is 1. The number of rotatable bonds is 7. The van der Waals surface area contributed by atoms with Crippen LogP contribution in [-0.2, 0) is 32.9 Å². The number of nitrogens with one attached hydrogen (secondary N) is 1. The van der Waals surface area contributed by atoms with E-state index in [1.54, 1.807) is 43.5 Å². The molecule has 1 aliphatic carbocycles. The molecule has 4 rings (SSSR count). The number of anilines is 1. The van der Waals surface area contributed by atoms with Gasteiger partial charge in [-0.25, -0.2) is 23.4 Å². The number of fused-ring (bicyclic) bond motifs is 1. The molecule has 0 fully saturated rings. The van der Waals surface area contributed by atoms with Crippen LogP contribution < -0.4 is 5.32 Å². The topological polar surface area (TPSA) is 119 Å². The van der Waals surface area contributed by atoms with Crippen molar-refractivity contribution < 1.29 is 18.0 Å². The van der Waals surface area contributed by atoms with E-state index in [-0.39, 0.29) is 34.7 Å². The zero-order chi connectivity index (χ0) is 26.1. The van der Waals surface area contributed by atoms with Gasteiger partial charge in [0.25, 0.3) is 0 Å². The molecule has 188 valence electrons. The number of carbonyl (C=O) groups excluding carboxylic acids is 2. The van der Waals surface area contributed by atoms with E-state index in [0.29, 0.717) is 47.0 Å². The number of pyridine rings is 1. The van der Waals surface area contributed by atoms with Gasteiger partial charge in [-0.3, -0.25) is 9.59 Å². The molecule has 36 heavy (non-hydrogen) atoms. The standard InChI is InChI=1S/C27H30N4O4S/c1-5-36(34,35)19-8-6-18(7-9-19)16-24(32)31-23-11-10-20-21(29-23)12-14-27(4,25(20)33)22-13-15-28-26(30-22)17(2)3/h6-11,13,15,17H,5,12,14,16H2,1-4H3,(H,29,31,32). The monoisotopic (exact) mass is 506 g/mol. The number of sulfone groups is 1. The third-order valence-electron chi connectivity index (χ3n) is 6.63. The zero-order valence-electron chi connectivity index (χ0n) is 20.9. The average Bonchev–Trinajstić information content (AvgIpc) is 2.86. The lowest BCUT2D eigenvalue weighted by Gasteiger charge is -2.32. The van der Waals surface area contributed by atoms with Crippen LogP contribution in [0.5, 0.6) is 0 Å². The maximum atomic E-state index is 13.5. The van der Waals surface area contributed by atoms with Crippen molar-refractivity contribution in [3.05, 3.63) is 77.0 Å². The number of benzene rings is 1. The Balaban J connectivity index is 1.47. The predicted molar refractivity (Wildman–Crippen MR) is 137 cm³/mol. The van der Waals surface area contributed by atoms with Crippen molar-refractivity contribution in [2.75, 3.05) is 11.1 Å². The Morgan fingerprint density at radius 2 is 1.81 bits per heavy atom. The second-order valence-corrected chi connectivity index (χ2v) is 11.9. The molecule has 0 spiro atoms. The number of hydrogen-bond donors (Lipinski definition) is 1. The normalized spacial score (nSPS) is 17.6. The van der Waals surface area contributed by atoms with Crippen molar-refractivity contribution in [3.8, 4) is 0 Å². The van der Waals surface area contributed by atoms with Gasteiger partial charge in [0.2, 0.25) is 5.91 Å². The molecular formula is C27H30N4O4S. The number of ketones is 1. The van der Waals surface area contributed by atoms with E-state index >= 15 is 0 Å². The van der Waals surface area contributed by atoms with Gasteiger partial charge in [0.1, 0.15) is 11.6 Å². The van der Waals surface area contributed by atoms with E-state index in [0.717, 1.165) is 0 Å². The van der Waals surface area contributed by atoms with Crippen LogP contribution >= 0.6 is 0 Å². The molecular weight excluding hydrogens is 476 g/mol. The number of Topliss-reactive ketones (excluding diaryl/α,β-unsaturated/α-hetero) is 1. The fraction of sp³-hybridized carbons (Fsp3) is 0.370. The van der Waals surface area contributed by atoms with Crippen LogP contribution in [0.4, 0.5) is 5.82 Å². The maximum absolute atomic E-state index is 13.5. The second kappa shape index (κ2) is 9.89. The van der Waals surface area contributed by atoms with E-state index in [1.165, 1.54) is 12.1 Å². The maximum Gasteiger partial charge on any atom is 0.229 e. The third kappa shape index (κ3) is 5.06. The van der Waals surface area contributed by atoms with Crippen molar-refractivity contribution in [2.24, 2.45) is 0 Å². The lowest BCUT2D eigenvalue weighted by molar-refractivity contribution is -0.115. The summed E-state index contributed by atoms with van der Waals surface area (Å²) in [6, 6.07) is 11.5. The van der Waals surface area contributed by atoms with E-state index in [1.807, 2.05) is 20.8 Å². The largest absolute Gasteiger partial charge is 0.310 e. The summed E-state index contributed by atoms with van der Waals surface area (Å²) in [5, 5.41) is 2.78. The fourth-order valence-electron chi connectivity index (χ4n) is 4.30. The Bertz CT molecular complexity index is 1420. The highest BCUT2D eigenvalue weighted by Crippen LogP contribution is 2.37. The smallest absolute Gasteiger partial charge is 0.229 e.